The van der Waals surface area contributed by atoms with E-state index in [2.05, 4.69) is 0 Å². The van der Waals surface area contributed by atoms with E-state index in [0.717, 1.165) is 21.2 Å². The van der Waals surface area contributed by atoms with Gasteiger partial charge in [-0.1, -0.05) is 48.0 Å². The largest absolute Gasteiger partial charge is 0.497 e. The van der Waals surface area contributed by atoms with E-state index in [9.17, 15) is 13.2 Å². The first-order valence-electron chi connectivity index (χ1n) is 9.82. The molecule has 3 aromatic carbocycles. The molecule has 0 aliphatic heterocycles. The molecule has 0 bridgehead atoms. The summed E-state index contributed by atoms with van der Waals surface area (Å²) in [6.07, 6.45) is 0. The molecule has 0 unspecified atom stereocenters. The number of aryl methyl sites for hydroxylation is 1. The lowest BCUT2D eigenvalue weighted by Gasteiger charge is -2.27. The summed E-state index contributed by atoms with van der Waals surface area (Å²) >= 11 is 0. The molecule has 3 aromatic rings. The van der Waals surface area contributed by atoms with Crippen LogP contribution in [-0.4, -0.2) is 39.9 Å². The zero-order valence-electron chi connectivity index (χ0n) is 17.9. The highest BCUT2D eigenvalue weighted by atomic mass is 32.2. The molecule has 7 heteroatoms. The van der Waals surface area contributed by atoms with E-state index in [0.29, 0.717) is 12.2 Å². The molecule has 31 heavy (non-hydrogen) atoms. The summed E-state index contributed by atoms with van der Waals surface area (Å²) in [4.78, 5) is 14.7. The monoisotopic (exact) mass is 438 g/mol. The number of anilines is 1. The highest BCUT2D eigenvalue weighted by Gasteiger charge is 2.28. The Kier molecular flexibility index (Phi) is 6.97. The minimum atomic E-state index is -3.91. The number of nitrogens with zero attached hydrogens (tertiary/aromatic N) is 2. The molecule has 0 atom stereocenters. The number of amides is 1. The van der Waals surface area contributed by atoms with Crippen molar-refractivity contribution in [1.29, 1.82) is 0 Å². The molecule has 0 saturated carbocycles. The molecule has 1 amide bonds. The van der Waals surface area contributed by atoms with Crippen molar-refractivity contribution in [2.75, 3.05) is 25.0 Å². The van der Waals surface area contributed by atoms with Crippen molar-refractivity contribution in [2.45, 2.75) is 18.4 Å². The number of hydrogen-bond acceptors (Lipinski definition) is 4. The molecular formula is C24H26N2O4S. The van der Waals surface area contributed by atoms with Crippen LogP contribution in [0.15, 0.2) is 83.8 Å². The minimum Gasteiger partial charge on any atom is -0.497 e. The third-order valence-electron chi connectivity index (χ3n) is 4.94. The summed E-state index contributed by atoms with van der Waals surface area (Å²) in [6, 6.07) is 22.6. The zero-order chi connectivity index (χ0) is 22.4. The van der Waals surface area contributed by atoms with Crippen molar-refractivity contribution in [3.8, 4) is 5.75 Å². The lowest BCUT2D eigenvalue weighted by molar-refractivity contribution is -0.128. The predicted molar refractivity (Wildman–Crippen MR) is 122 cm³/mol. The Balaban J connectivity index is 1.85. The first-order chi connectivity index (χ1) is 14.8. The van der Waals surface area contributed by atoms with Gasteiger partial charge < -0.3 is 9.64 Å². The number of methoxy groups -OCH3 is 1. The summed E-state index contributed by atoms with van der Waals surface area (Å²) in [5, 5.41) is 0. The summed E-state index contributed by atoms with van der Waals surface area (Å²) in [5.74, 6) is 0.424. The fourth-order valence-electron chi connectivity index (χ4n) is 3.08. The molecule has 0 N–H and O–H groups in total. The van der Waals surface area contributed by atoms with Crippen molar-refractivity contribution in [2.24, 2.45) is 0 Å². The second-order valence-electron chi connectivity index (χ2n) is 7.26. The van der Waals surface area contributed by atoms with E-state index in [-0.39, 0.29) is 17.3 Å². The van der Waals surface area contributed by atoms with Gasteiger partial charge in [-0.3, -0.25) is 9.10 Å². The molecule has 0 fully saturated rings. The topological polar surface area (TPSA) is 66.9 Å². The molecule has 0 spiro atoms. The Morgan fingerprint density at radius 1 is 0.903 bits per heavy atom. The SMILES string of the molecule is COc1ccc(CN(C)C(=O)CN(c2ccc(C)cc2)S(=O)(=O)c2ccccc2)cc1. The van der Waals surface area contributed by atoms with Crippen LogP contribution < -0.4 is 9.04 Å². The molecule has 0 heterocycles. The molecule has 6 nitrogen and oxygen atoms in total. The van der Waals surface area contributed by atoms with E-state index in [1.807, 2.05) is 43.3 Å². The number of rotatable bonds is 8. The highest BCUT2D eigenvalue weighted by molar-refractivity contribution is 7.92. The third kappa shape index (κ3) is 5.44. The van der Waals surface area contributed by atoms with Gasteiger partial charge in [-0.05, 0) is 48.9 Å². The predicted octanol–water partition coefficient (Wildman–Crippen LogP) is 3.86. The average molecular weight is 439 g/mol. The number of carbonyl (C=O) groups is 1. The lowest BCUT2D eigenvalue weighted by Crippen LogP contribution is -2.41. The van der Waals surface area contributed by atoms with Gasteiger partial charge in [0, 0.05) is 13.6 Å². The molecular weight excluding hydrogens is 412 g/mol. The maximum atomic E-state index is 13.3. The second-order valence-corrected chi connectivity index (χ2v) is 9.12. The Labute approximate surface area is 183 Å². The van der Waals surface area contributed by atoms with Gasteiger partial charge in [0.15, 0.2) is 0 Å². The number of ether oxygens (including phenoxy) is 1. The van der Waals surface area contributed by atoms with Crippen molar-refractivity contribution >= 4 is 21.6 Å². The lowest BCUT2D eigenvalue weighted by atomic mass is 10.2. The Bertz CT molecular complexity index is 1110. The fraction of sp³-hybridized carbons (Fsp3) is 0.208. The molecule has 0 saturated heterocycles. The Hall–Kier alpha value is -3.32. The van der Waals surface area contributed by atoms with Gasteiger partial charge in [0.1, 0.15) is 12.3 Å². The van der Waals surface area contributed by atoms with Crippen LogP contribution >= 0.6 is 0 Å². The van der Waals surface area contributed by atoms with Crippen molar-refractivity contribution < 1.29 is 17.9 Å². The average Bonchev–Trinajstić information content (AvgIpc) is 2.79. The third-order valence-corrected chi connectivity index (χ3v) is 6.72. The summed E-state index contributed by atoms with van der Waals surface area (Å²) in [5.41, 5.74) is 2.37. The van der Waals surface area contributed by atoms with Gasteiger partial charge in [0.05, 0.1) is 17.7 Å². The summed E-state index contributed by atoms with van der Waals surface area (Å²) < 4.78 is 33.0. The smallest absolute Gasteiger partial charge is 0.264 e. The zero-order valence-corrected chi connectivity index (χ0v) is 18.7. The number of sulfonamides is 1. The molecule has 3 rings (SSSR count). The van der Waals surface area contributed by atoms with Crippen LogP contribution in [0.2, 0.25) is 0 Å². The molecule has 0 aliphatic carbocycles. The van der Waals surface area contributed by atoms with Gasteiger partial charge in [0.25, 0.3) is 10.0 Å². The van der Waals surface area contributed by atoms with Crippen LogP contribution in [0.3, 0.4) is 0 Å². The normalized spacial score (nSPS) is 11.1. The standard InChI is InChI=1S/C24H26N2O4S/c1-19-9-13-21(14-10-19)26(31(28,29)23-7-5-4-6-8-23)18-24(27)25(2)17-20-11-15-22(30-3)16-12-20/h4-16H,17-18H2,1-3H3. The van der Waals surface area contributed by atoms with E-state index >= 15 is 0 Å². The number of benzene rings is 3. The van der Waals surface area contributed by atoms with Crippen LogP contribution in [0.25, 0.3) is 0 Å². The van der Waals surface area contributed by atoms with Gasteiger partial charge in [-0.2, -0.15) is 0 Å². The van der Waals surface area contributed by atoms with Crippen LogP contribution in [0, 0.1) is 6.92 Å². The first-order valence-corrected chi connectivity index (χ1v) is 11.3. The summed E-state index contributed by atoms with van der Waals surface area (Å²) in [6.45, 7) is 1.98. The van der Waals surface area contributed by atoms with Gasteiger partial charge in [0.2, 0.25) is 5.91 Å². The molecule has 162 valence electrons. The Morgan fingerprint density at radius 3 is 2.10 bits per heavy atom. The molecule has 0 radical (unpaired) electrons. The van der Waals surface area contributed by atoms with Crippen LogP contribution in [0.1, 0.15) is 11.1 Å². The van der Waals surface area contributed by atoms with E-state index in [4.69, 9.17) is 4.74 Å². The van der Waals surface area contributed by atoms with Crippen LogP contribution in [0.4, 0.5) is 5.69 Å². The quantitative estimate of drug-likeness (QED) is 0.536. The summed E-state index contributed by atoms with van der Waals surface area (Å²) in [7, 11) is -0.652. The number of likely N-dealkylation sites (N-methyl/N-ethyl adjacent to an activating group) is 1. The maximum absolute atomic E-state index is 13.3. The highest BCUT2D eigenvalue weighted by Crippen LogP contribution is 2.24. The van der Waals surface area contributed by atoms with Gasteiger partial charge >= 0.3 is 0 Å². The van der Waals surface area contributed by atoms with Gasteiger partial charge in [-0.15, -0.1) is 0 Å². The van der Waals surface area contributed by atoms with E-state index in [1.54, 1.807) is 44.5 Å². The molecule has 0 aliphatic rings. The second kappa shape index (κ2) is 9.66. The fourth-order valence-corrected chi connectivity index (χ4v) is 4.52. The van der Waals surface area contributed by atoms with Crippen LogP contribution in [-0.2, 0) is 21.4 Å². The van der Waals surface area contributed by atoms with Gasteiger partial charge in [-0.25, -0.2) is 8.42 Å². The maximum Gasteiger partial charge on any atom is 0.264 e. The van der Waals surface area contributed by atoms with Crippen molar-refractivity contribution in [3.05, 3.63) is 90.0 Å². The molecule has 0 aromatic heterocycles. The van der Waals surface area contributed by atoms with Crippen molar-refractivity contribution in [1.82, 2.24) is 4.90 Å². The van der Waals surface area contributed by atoms with E-state index in [1.165, 1.54) is 17.0 Å². The van der Waals surface area contributed by atoms with Crippen LogP contribution in [0.5, 0.6) is 5.75 Å². The van der Waals surface area contributed by atoms with E-state index < -0.39 is 10.0 Å². The van der Waals surface area contributed by atoms with Crippen molar-refractivity contribution in [3.63, 3.8) is 0 Å². The first kappa shape index (κ1) is 22.4. The number of carbonyl (C=O) groups excluding carboxylic acids is 1. The number of hydrogen-bond donors (Lipinski definition) is 0. The minimum absolute atomic E-state index is 0.140. The Morgan fingerprint density at radius 2 is 1.52 bits per heavy atom.